The van der Waals surface area contributed by atoms with Gasteiger partial charge in [0.1, 0.15) is 29.1 Å². The van der Waals surface area contributed by atoms with Crippen molar-refractivity contribution in [3.8, 4) is 23.0 Å². The van der Waals surface area contributed by atoms with Gasteiger partial charge in [0.2, 0.25) is 0 Å². The van der Waals surface area contributed by atoms with E-state index in [4.69, 9.17) is 9.47 Å². The van der Waals surface area contributed by atoms with Crippen LogP contribution < -0.4 is 9.47 Å². The molecule has 35 heavy (non-hydrogen) atoms. The largest absolute Gasteiger partial charge is 0.508 e. The van der Waals surface area contributed by atoms with E-state index in [1.54, 1.807) is 12.1 Å². The Morgan fingerprint density at radius 2 is 1.86 bits per heavy atom. The van der Waals surface area contributed by atoms with Crippen LogP contribution in [0.5, 0.6) is 23.0 Å². The number of aryl methyl sites for hydroxylation is 2. The highest BCUT2D eigenvalue weighted by Gasteiger charge is 2.24. The zero-order valence-corrected chi connectivity index (χ0v) is 20.5. The maximum absolute atomic E-state index is 11.8. The first-order valence-electron chi connectivity index (χ1n) is 12.5. The number of carbonyl (C=O) groups is 1. The van der Waals surface area contributed by atoms with Crippen LogP contribution in [0, 0.1) is 0 Å². The van der Waals surface area contributed by atoms with Gasteiger partial charge in [-0.15, -0.1) is 0 Å². The lowest BCUT2D eigenvalue weighted by molar-refractivity contribution is 0.101. The van der Waals surface area contributed by atoms with Gasteiger partial charge in [-0.05, 0) is 74.4 Å². The standard InChI is InChI=1S/C30H34O5/c1-3-8-26-28(15-14-25(20(2)31)30(26)33)34-16-7-11-22-19-29-23(18-27(22)32)17-24(35-29)13-12-21-9-5-4-6-10-21/h4-6,9-10,14-15,18-19,24,32-33H,3,7-8,11-13,16-17H2,1-2H3. The number of aromatic hydroxyl groups is 2. The van der Waals surface area contributed by atoms with Crippen molar-refractivity contribution in [2.75, 3.05) is 6.61 Å². The van der Waals surface area contributed by atoms with Crippen LogP contribution in [0.25, 0.3) is 0 Å². The molecule has 5 nitrogen and oxygen atoms in total. The first-order valence-corrected chi connectivity index (χ1v) is 12.5. The van der Waals surface area contributed by atoms with Crippen LogP contribution in [0.1, 0.15) is 65.7 Å². The van der Waals surface area contributed by atoms with Crippen LogP contribution in [0.3, 0.4) is 0 Å². The maximum Gasteiger partial charge on any atom is 0.163 e. The van der Waals surface area contributed by atoms with Crippen LogP contribution in [0.2, 0.25) is 0 Å². The summed E-state index contributed by atoms with van der Waals surface area (Å²) >= 11 is 0. The molecule has 4 rings (SSSR count). The van der Waals surface area contributed by atoms with E-state index < -0.39 is 0 Å². The summed E-state index contributed by atoms with van der Waals surface area (Å²) in [5, 5.41) is 21.1. The smallest absolute Gasteiger partial charge is 0.163 e. The summed E-state index contributed by atoms with van der Waals surface area (Å²) in [5.41, 5.74) is 4.22. The van der Waals surface area contributed by atoms with E-state index in [9.17, 15) is 15.0 Å². The van der Waals surface area contributed by atoms with Gasteiger partial charge in [-0.2, -0.15) is 0 Å². The summed E-state index contributed by atoms with van der Waals surface area (Å²) in [6.45, 7) is 3.91. The SMILES string of the molecule is CCCc1c(OCCCc2cc3c(cc2O)CC(CCc2ccccc2)O3)ccc(C(C)=O)c1O. The second-order valence-electron chi connectivity index (χ2n) is 9.25. The van der Waals surface area contributed by atoms with E-state index in [1.165, 1.54) is 12.5 Å². The number of rotatable bonds is 11. The Labute approximate surface area is 207 Å². The van der Waals surface area contributed by atoms with Crippen LogP contribution in [0.4, 0.5) is 0 Å². The number of phenols is 2. The molecule has 184 valence electrons. The molecule has 0 saturated carbocycles. The first-order chi connectivity index (χ1) is 17.0. The minimum atomic E-state index is -0.164. The molecule has 0 fully saturated rings. The van der Waals surface area contributed by atoms with Crippen molar-refractivity contribution >= 4 is 5.78 Å². The normalized spacial score (nSPS) is 14.4. The van der Waals surface area contributed by atoms with E-state index in [0.717, 1.165) is 42.6 Å². The van der Waals surface area contributed by atoms with E-state index in [0.29, 0.717) is 48.5 Å². The molecule has 0 aromatic heterocycles. The summed E-state index contributed by atoms with van der Waals surface area (Å²) in [7, 11) is 0. The number of Topliss-reactive ketones (excluding diaryl/α,β-unsaturated/α-hetero) is 1. The van der Waals surface area contributed by atoms with Gasteiger partial charge >= 0.3 is 0 Å². The minimum absolute atomic E-state index is 0.0204. The Morgan fingerprint density at radius 3 is 2.60 bits per heavy atom. The molecule has 1 unspecified atom stereocenters. The van der Waals surface area contributed by atoms with Crippen LogP contribution in [-0.2, 0) is 25.7 Å². The van der Waals surface area contributed by atoms with E-state index in [-0.39, 0.29) is 17.6 Å². The van der Waals surface area contributed by atoms with Crippen LogP contribution >= 0.6 is 0 Å². The molecule has 3 aromatic rings. The Balaban J connectivity index is 1.32. The lowest BCUT2D eigenvalue weighted by Gasteiger charge is -2.15. The van der Waals surface area contributed by atoms with E-state index in [2.05, 4.69) is 24.3 Å². The van der Waals surface area contributed by atoms with Gasteiger partial charge in [0.15, 0.2) is 5.78 Å². The number of benzene rings is 3. The lowest BCUT2D eigenvalue weighted by Crippen LogP contribution is -2.13. The monoisotopic (exact) mass is 474 g/mol. The van der Waals surface area contributed by atoms with E-state index >= 15 is 0 Å². The highest BCUT2D eigenvalue weighted by Crippen LogP contribution is 2.37. The van der Waals surface area contributed by atoms with Crippen LogP contribution in [-0.4, -0.2) is 28.7 Å². The average Bonchev–Trinajstić information content (AvgIpc) is 3.24. The predicted octanol–water partition coefficient (Wildman–Crippen LogP) is 6.20. The van der Waals surface area contributed by atoms with Gasteiger partial charge in [-0.3, -0.25) is 4.79 Å². The van der Waals surface area contributed by atoms with Crippen LogP contribution in [0.15, 0.2) is 54.6 Å². The lowest BCUT2D eigenvalue weighted by atomic mass is 10.0. The van der Waals surface area contributed by atoms with Gasteiger partial charge in [-0.25, -0.2) is 0 Å². The highest BCUT2D eigenvalue weighted by atomic mass is 16.5. The number of hydrogen-bond acceptors (Lipinski definition) is 5. The summed E-state index contributed by atoms with van der Waals surface area (Å²) in [5.74, 6) is 1.63. The Hall–Kier alpha value is -3.47. The fourth-order valence-corrected chi connectivity index (χ4v) is 4.70. The van der Waals surface area contributed by atoms with Crippen molar-refractivity contribution in [2.45, 2.75) is 64.9 Å². The molecule has 5 heteroatoms. The van der Waals surface area contributed by atoms with Crippen molar-refractivity contribution in [3.63, 3.8) is 0 Å². The zero-order chi connectivity index (χ0) is 24.8. The number of phenolic OH excluding ortho intramolecular Hbond substituents is 2. The molecule has 0 saturated heterocycles. The number of carbonyl (C=O) groups excluding carboxylic acids is 1. The van der Waals surface area contributed by atoms with Gasteiger partial charge < -0.3 is 19.7 Å². The summed E-state index contributed by atoms with van der Waals surface area (Å²) in [4.78, 5) is 11.8. The molecule has 1 atom stereocenters. The molecule has 0 bridgehead atoms. The van der Waals surface area contributed by atoms with Crippen molar-refractivity contribution in [2.24, 2.45) is 0 Å². The van der Waals surface area contributed by atoms with Crippen molar-refractivity contribution in [1.82, 2.24) is 0 Å². The van der Waals surface area contributed by atoms with E-state index in [1.807, 2.05) is 25.1 Å². The maximum atomic E-state index is 11.8. The van der Waals surface area contributed by atoms with Crippen molar-refractivity contribution < 1.29 is 24.5 Å². The molecule has 0 amide bonds. The minimum Gasteiger partial charge on any atom is -0.508 e. The number of ketones is 1. The molecule has 0 aliphatic carbocycles. The number of ether oxygens (including phenoxy) is 2. The molecule has 1 aliphatic rings. The quantitative estimate of drug-likeness (QED) is 0.256. The molecular weight excluding hydrogens is 440 g/mol. The summed E-state index contributed by atoms with van der Waals surface area (Å²) < 4.78 is 12.2. The van der Waals surface area contributed by atoms with Gasteiger partial charge in [-0.1, -0.05) is 43.7 Å². The highest BCUT2D eigenvalue weighted by molar-refractivity contribution is 5.97. The summed E-state index contributed by atoms with van der Waals surface area (Å²) in [6.07, 6.45) is 5.68. The Kier molecular flexibility index (Phi) is 7.96. The third-order valence-electron chi connectivity index (χ3n) is 6.57. The molecule has 3 aromatic carbocycles. The Morgan fingerprint density at radius 1 is 1.06 bits per heavy atom. The second-order valence-corrected chi connectivity index (χ2v) is 9.25. The fraction of sp³-hybridized carbons (Fsp3) is 0.367. The molecule has 2 N–H and O–H groups in total. The fourth-order valence-electron chi connectivity index (χ4n) is 4.70. The summed E-state index contributed by atoms with van der Waals surface area (Å²) in [6, 6.07) is 17.6. The second kappa shape index (κ2) is 11.3. The third kappa shape index (κ3) is 5.97. The number of hydrogen-bond donors (Lipinski definition) is 2. The molecular formula is C30H34O5. The topological polar surface area (TPSA) is 76.0 Å². The Bertz CT molecular complexity index is 1170. The van der Waals surface area contributed by atoms with Crippen molar-refractivity contribution in [3.05, 3.63) is 82.4 Å². The predicted molar refractivity (Wildman–Crippen MR) is 137 cm³/mol. The van der Waals surface area contributed by atoms with Gasteiger partial charge in [0, 0.05) is 17.5 Å². The average molecular weight is 475 g/mol. The third-order valence-corrected chi connectivity index (χ3v) is 6.57. The first kappa shape index (κ1) is 24.6. The van der Waals surface area contributed by atoms with Gasteiger partial charge in [0.05, 0.1) is 12.2 Å². The number of fused-ring (bicyclic) bond motifs is 1. The van der Waals surface area contributed by atoms with Crippen molar-refractivity contribution in [1.29, 1.82) is 0 Å². The molecule has 1 aliphatic heterocycles. The molecule has 0 spiro atoms. The molecule has 0 radical (unpaired) electrons. The zero-order valence-electron chi connectivity index (χ0n) is 20.5. The van der Waals surface area contributed by atoms with Gasteiger partial charge in [0.25, 0.3) is 0 Å². The molecule has 1 heterocycles.